The number of carbonyl (C=O) groups excluding carboxylic acids is 1. The minimum atomic E-state index is -0.142. The Morgan fingerprint density at radius 1 is 0.963 bits per heavy atom. The highest BCUT2D eigenvalue weighted by Gasteiger charge is 2.22. The smallest absolute Gasteiger partial charge is 0.282 e. The molecule has 27 heavy (non-hydrogen) atoms. The fourth-order valence-electron chi connectivity index (χ4n) is 4.28. The zero-order chi connectivity index (χ0) is 19.6. The van der Waals surface area contributed by atoms with E-state index in [4.69, 9.17) is 0 Å². The maximum atomic E-state index is 12.8. The summed E-state index contributed by atoms with van der Waals surface area (Å²) in [5.74, 6) is 0.0647. The van der Waals surface area contributed by atoms with Gasteiger partial charge in [0, 0.05) is 11.3 Å². The zero-order valence-electron chi connectivity index (χ0n) is 17.4. The summed E-state index contributed by atoms with van der Waals surface area (Å²) in [4.78, 5) is 12.8. The predicted molar refractivity (Wildman–Crippen MR) is 112 cm³/mol. The number of anilines is 1. The Labute approximate surface area is 163 Å². The summed E-state index contributed by atoms with van der Waals surface area (Å²) in [6.45, 7) is 10.4. The van der Waals surface area contributed by atoms with E-state index in [0.717, 1.165) is 16.8 Å². The van der Waals surface area contributed by atoms with Crippen LogP contribution >= 0.6 is 0 Å². The standard InChI is InChI=1S/C24H32N2O/c1-15-12-16(2)23(17(3)13-15)26-24(27)19(5)25-18(4)21-11-10-20-8-6-7-9-22(20)14-21/h10-14,18-19,25H,6-9H2,1-5H3,(H,26,27)/p+1/t18-,19-/m0/s1. The Balaban J connectivity index is 1.66. The summed E-state index contributed by atoms with van der Waals surface area (Å²) in [6.07, 6.45) is 5.01. The van der Waals surface area contributed by atoms with E-state index in [9.17, 15) is 4.79 Å². The fourth-order valence-corrected chi connectivity index (χ4v) is 4.28. The van der Waals surface area contributed by atoms with Gasteiger partial charge in [0.1, 0.15) is 6.04 Å². The van der Waals surface area contributed by atoms with Crippen LogP contribution in [0.4, 0.5) is 5.69 Å². The van der Waals surface area contributed by atoms with Gasteiger partial charge in [-0.1, -0.05) is 29.8 Å². The van der Waals surface area contributed by atoms with Crippen molar-refractivity contribution in [2.24, 2.45) is 0 Å². The average Bonchev–Trinajstić information content (AvgIpc) is 2.63. The molecule has 2 atom stereocenters. The monoisotopic (exact) mass is 365 g/mol. The van der Waals surface area contributed by atoms with E-state index in [0.29, 0.717) is 0 Å². The maximum absolute atomic E-state index is 12.8. The maximum Gasteiger partial charge on any atom is 0.282 e. The quantitative estimate of drug-likeness (QED) is 0.822. The number of benzene rings is 2. The lowest BCUT2D eigenvalue weighted by atomic mass is 9.89. The van der Waals surface area contributed by atoms with Crippen LogP contribution in [-0.4, -0.2) is 11.9 Å². The van der Waals surface area contributed by atoms with Crippen LogP contribution in [0.5, 0.6) is 0 Å². The third kappa shape index (κ3) is 4.59. The molecule has 0 aromatic heterocycles. The lowest BCUT2D eigenvalue weighted by molar-refractivity contribution is -0.709. The highest BCUT2D eigenvalue weighted by Crippen LogP contribution is 2.24. The first-order valence-corrected chi connectivity index (χ1v) is 10.2. The number of aryl methyl sites for hydroxylation is 5. The van der Waals surface area contributed by atoms with E-state index in [1.807, 2.05) is 6.92 Å². The van der Waals surface area contributed by atoms with Crippen LogP contribution < -0.4 is 10.6 Å². The first-order chi connectivity index (χ1) is 12.8. The first-order valence-electron chi connectivity index (χ1n) is 10.2. The number of nitrogens with two attached hydrogens (primary N) is 1. The van der Waals surface area contributed by atoms with Crippen LogP contribution in [0.3, 0.4) is 0 Å². The van der Waals surface area contributed by atoms with Gasteiger partial charge in [-0.2, -0.15) is 0 Å². The Morgan fingerprint density at radius 3 is 2.26 bits per heavy atom. The molecule has 0 heterocycles. The van der Waals surface area contributed by atoms with E-state index in [-0.39, 0.29) is 18.0 Å². The van der Waals surface area contributed by atoms with E-state index in [1.54, 1.807) is 0 Å². The van der Waals surface area contributed by atoms with Crippen LogP contribution in [0, 0.1) is 20.8 Å². The molecule has 0 unspecified atom stereocenters. The first kappa shape index (κ1) is 19.6. The zero-order valence-corrected chi connectivity index (χ0v) is 17.4. The van der Waals surface area contributed by atoms with Crippen molar-refractivity contribution in [2.75, 3.05) is 5.32 Å². The lowest BCUT2D eigenvalue weighted by Crippen LogP contribution is -2.91. The third-order valence-electron chi connectivity index (χ3n) is 5.81. The minimum absolute atomic E-state index is 0.0647. The van der Waals surface area contributed by atoms with Crippen LogP contribution in [0.15, 0.2) is 30.3 Å². The summed E-state index contributed by atoms with van der Waals surface area (Å²) < 4.78 is 0. The van der Waals surface area contributed by atoms with Gasteiger partial charge in [0.05, 0.1) is 0 Å². The predicted octanol–water partition coefficient (Wildman–Crippen LogP) is 4.14. The van der Waals surface area contributed by atoms with Gasteiger partial charge in [-0.25, -0.2) is 0 Å². The fraction of sp³-hybridized carbons (Fsp3) is 0.458. The summed E-state index contributed by atoms with van der Waals surface area (Å²) >= 11 is 0. The number of carbonyl (C=O) groups is 1. The van der Waals surface area contributed by atoms with Crippen molar-refractivity contribution in [1.82, 2.24) is 0 Å². The van der Waals surface area contributed by atoms with Gasteiger partial charge in [0.2, 0.25) is 0 Å². The number of hydrogen-bond donors (Lipinski definition) is 2. The molecule has 1 amide bonds. The lowest BCUT2D eigenvalue weighted by Gasteiger charge is -2.21. The van der Waals surface area contributed by atoms with Crippen LogP contribution in [0.2, 0.25) is 0 Å². The molecular formula is C24H33N2O+. The highest BCUT2D eigenvalue weighted by atomic mass is 16.2. The van der Waals surface area contributed by atoms with Gasteiger partial charge < -0.3 is 10.6 Å². The Kier molecular flexibility index (Phi) is 6.01. The molecule has 3 nitrogen and oxygen atoms in total. The molecule has 0 bridgehead atoms. The molecular weight excluding hydrogens is 332 g/mol. The molecule has 3 rings (SSSR count). The normalized spacial score (nSPS) is 15.7. The van der Waals surface area contributed by atoms with Crippen molar-refractivity contribution < 1.29 is 10.1 Å². The molecule has 0 spiro atoms. The average molecular weight is 366 g/mol. The summed E-state index contributed by atoms with van der Waals surface area (Å²) in [5.41, 5.74) is 8.75. The third-order valence-corrected chi connectivity index (χ3v) is 5.81. The van der Waals surface area contributed by atoms with Crippen LogP contribution in [-0.2, 0) is 17.6 Å². The van der Waals surface area contributed by atoms with E-state index in [1.165, 1.54) is 47.9 Å². The Bertz CT molecular complexity index is 817. The van der Waals surface area contributed by atoms with Crippen molar-refractivity contribution in [1.29, 1.82) is 0 Å². The molecule has 144 valence electrons. The van der Waals surface area contributed by atoms with Crippen molar-refractivity contribution in [2.45, 2.75) is 72.4 Å². The molecule has 1 aliphatic carbocycles. The number of hydrogen-bond acceptors (Lipinski definition) is 1. The second kappa shape index (κ2) is 8.26. The van der Waals surface area contributed by atoms with Crippen molar-refractivity contribution in [3.05, 3.63) is 63.7 Å². The topological polar surface area (TPSA) is 45.7 Å². The van der Waals surface area contributed by atoms with Gasteiger partial charge in [-0.15, -0.1) is 0 Å². The van der Waals surface area contributed by atoms with Crippen molar-refractivity contribution >= 4 is 11.6 Å². The molecule has 1 aliphatic rings. The van der Waals surface area contributed by atoms with E-state index >= 15 is 0 Å². The van der Waals surface area contributed by atoms with Crippen molar-refractivity contribution in [3.8, 4) is 0 Å². The molecule has 0 saturated carbocycles. The highest BCUT2D eigenvalue weighted by molar-refractivity contribution is 5.95. The summed E-state index contributed by atoms with van der Waals surface area (Å²) in [7, 11) is 0. The molecule has 2 aromatic carbocycles. The minimum Gasteiger partial charge on any atom is -0.330 e. The van der Waals surface area contributed by atoms with E-state index < -0.39 is 0 Å². The molecule has 0 radical (unpaired) electrons. The van der Waals surface area contributed by atoms with E-state index in [2.05, 4.69) is 68.7 Å². The number of quaternary nitrogens is 1. The molecule has 3 N–H and O–H groups in total. The second-order valence-electron chi connectivity index (χ2n) is 8.27. The molecule has 0 fully saturated rings. The van der Waals surface area contributed by atoms with Gasteiger partial charge >= 0.3 is 0 Å². The van der Waals surface area contributed by atoms with Gasteiger partial charge in [0.15, 0.2) is 6.04 Å². The van der Waals surface area contributed by atoms with Gasteiger partial charge in [-0.05, 0) is 88.6 Å². The molecule has 0 saturated heterocycles. The van der Waals surface area contributed by atoms with Crippen LogP contribution in [0.1, 0.15) is 66.1 Å². The van der Waals surface area contributed by atoms with Gasteiger partial charge in [-0.3, -0.25) is 4.79 Å². The Morgan fingerprint density at radius 2 is 1.59 bits per heavy atom. The molecule has 2 aromatic rings. The summed E-state index contributed by atoms with van der Waals surface area (Å²) in [6, 6.07) is 11.2. The number of fused-ring (bicyclic) bond motifs is 1. The molecule has 0 aliphatic heterocycles. The largest absolute Gasteiger partial charge is 0.330 e. The Hall–Kier alpha value is -2.13. The van der Waals surface area contributed by atoms with Crippen LogP contribution in [0.25, 0.3) is 0 Å². The number of rotatable bonds is 5. The van der Waals surface area contributed by atoms with Gasteiger partial charge in [0.25, 0.3) is 5.91 Å². The summed E-state index contributed by atoms with van der Waals surface area (Å²) in [5, 5.41) is 5.31. The SMILES string of the molecule is Cc1cc(C)c(NC(=O)[C@H](C)[NH2+][C@@H](C)c2ccc3c(c2)CCCC3)c(C)c1. The number of amides is 1. The van der Waals surface area contributed by atoms with Crippen molar-refractivity contribution in [3.63, 3.8) is 0 Å². The number of nitrogens with one attached hydrogen (secondary N) is 1. The molecule has 3 heteroatoms. The second-order valence-corrected chi connectivity index (χ2v) is 8.27.